The van der Waals surface area contributed by atoms with Crippen LogP contribution in [0.25, 0.3) is 17.4 Å². The van der Waals surface area contributed by atoms with Gasteiger partial charge in [-0.1, -0.05) is 17.7 Å². The van der Waals surface area contributed by atoms with Crippen molar-refractivity contribution in [3.63, 3.8) is 0 Å². The van der Waals surface area contributed by atoms with Gasteiger partial charge in [-0.25, -0.2) is 0 Å². The Bertz CT molecular complexity index is 1410. The van der Waals surface area contributed by atoms with Crippen LogP contribution >= 0.6 is 23.4 Å². The van der Waals surface area contributed by atoms with Gasteiger partial charge in [0, 0.05) is 34.0 Å². The number of furan rings is 1. The number of anilines is 1. The number of rotatable bonds is 6. The fourth-order valence-corrected chi connectivity index (χ4v) is 4.44. The van der Waals surface area contributed by atoms with Crippen molar-refractivity contribution in [3.8, 4) is 11.3 Å². The van der Waals surface area contributed by atoms with Crippen molar-refractivity contribution in [3.05, 3.63) is 85.5 Å². The van der Waals surface area contributed by atoms with E-state index in [0.29, 0.717) is 39.4 Å². The van der Waals surface area contributed by atoms with E-state index in [9.17, 15) is 24.5 Å². The summed E-state index contributed by atoms with van der Waals surface area (Å²) in [5.41, 5.74) is 2.25. The number of aryl methyl sites for hydroxylation is 1. The standard InChI is InChI=1S/C24H18ClN3O6S/c1-13-8-15(9-19(14(13)2)28(32)33)20-7-6-18(34-20)11-21-23(30)27(24(31)35-21)12-22(29)26-17-5-3-4-16(25)10-17/h3-11H,12H2,1-2H3,(H,26,29)/b21-11+. The maximum Gasteiger partial charge on any atom is 0.294 e. The molecular weight excluding hydrogens is 494 g/mol. The highest BCUT2D eigenvalue weighted by atomic mass is 35.5. The van der Waals surface area contributed by atoms with Crippen LogP contribution in [0.3, 0.4) is 0 Å². The number of nitro benzene ring substituents is 1. The Hall–Kier alpha value is -3.89. The van der Waals surface area contributed by atoms with Gasteiger partial charge in [-0.3, -0.25) is 29.4 Å². The van der Waals surface area contributed by atoms with E-state index in [1.165, 1.54) is 12.1 Å². The van der Waals surface area contributed by atoms with Gasteiger partial charge in [0.2, 0.25) is 5.91 Å². The van der Waals surface area contributed by atoms with Crippen LogP contribution in [0, 0.1) is 24.0 Å². The van der Waals surface area contributed by atoms with Gasteiger partial charge in [-0.15, -0.1) is 0 Å². The molecule has 2 heterocycles. The smallest absolute Gasteiger partial charge is 0.294 e. The molecule has 35 heavy (non-hydrogen) atoms. The molecule has 1 fully saturated rings. The highest BCUT2D eigenvalue weighted by Crippen LogP contribution is 2.34. The van der Waals surface area contributed by atoms with Crippen molar-refractivity contribution >= 4 is 57.9 Å². The molecule has 0 unspecified atom stereocenters. The summed E-state index contributed by atoms with van der Waals surface area (Å²) >= 11 is 6.59. The van der Waals surface area contributed by atoms with Gasteiger partial charge >= 0.3 is 0 Å². The summed E-state index contributed by atoms with van der Waals surface area (Å²) in [5.74, 6) is -0.509. The number of carbonyl (C=O) groups is 3. The molecule has 0 radical (unpaired) electrons. The topological polar surface area (TPSA) is 123 Å². The number of benzene rings is 2. The van der Waals surface area contributed by atoms with Gasteiger partial charge in [0.05, 0.1) is 9.83 Å². The van der Waals surface area contributed by atoms with Gasteiger partial charge in [-0.2, -0.15) is 0 Å². The van der Waals surface area contributed by atoms with E-state index in [1.54, 1.807) is 56.3 Å². The van der Waals surface area contributed by atoms with Crippen molar-refractivity contribution in [1.82, 2.24) is 4.90 Å². The number of imide groups is 1. The van der Waals surface area contributed by atoms with Crippen LogP contribution in [0.4, 0.5) is 16.2 Å². The summed E-state index contributed by atoms with van der Waals surface area (Å²) in [6, 6.07) is 12.9. The van der Waals surface area contributed by atoms with E-state index in [0.717, 1.165) is 10.5 Å². The molecule has 0 spiro atoms. The van der Waals surface area contributed by atoms with Gasteiger partial charge in [-0.05, 0) is 67.6 Å². The van der Waals surface area contributed by atoms with E-state index in [2.05, 4.69) is 5.32 Å². The lowest BCUT2D eigenvalue weighted by Crippen LogP contribution is -2.36. The highest BCUT2D eigenvalue weighted by Gasteiger charge is 2.36. The number of nitro groups is 1. The first-order valence-corrected chi connectivity index (χ1v) is 11.5. The summed E-state index contributed by atoms with van der Waals surface area (Å²) in [5, 5.41) is 13.8. The summed E-state index contributed by atoms with van der Waals surface area (Å²) in [6.45, 7) is 2.99. The van der Waals surface area contributed by atoms with Crippen molar-refractivity contribution in [2.24, 2.45) is 0 Å². The molecule has 3 aromatic rings. The second-order valence-electron chi connectivity index (χ2n) is 7.72. The first kappa shape index (κ1) is 24.2. The lowest BCUT2D eigenvalue weighted by molar-refractivity contribution is -0.385. The highest BCUT2D eigenvalue weighted by molar-refractivity contribution is 8.18. The van der Waals surface area contributed by atoms with E-state index in [4.69, 9.17) is 16.0 Å². The predicted octanol–water partition coefficient (Wildman–Crippen LogP) is 5.80. The largest absolute Gasteiger partial charge is 0.457 e. The van der Waals surface area contributed by atoms with Gasteiger partial charge in [0.25, 0.3) is 16.8 Å². The van der Waals surface area contributed by atoms with E-state index < -0.39 is 28.5 Å². The van der Waals surface area contributed by atoms with Crippen molar-refractivity contribution in [1.29, 1.82) is 0 Å². The molecule has 11 heteroatoms. The number of hydrogen-bond donors (Lipinski definition) is 1. The zero-order valence-corrected chi connectivity index (χ0v) is 20.1. The summed E-state index contributed by atoms with van der Waals surface area (Å²) < 4.78 is 5.77. The average molecular weight is 512 g/mol. The average Bonchev–Trinajstić information content (AvgIpc) is 3.36. The normalized spacial score (nSPS) is 14.6. The number of carbonyl (C=O) groups excluding carboxylic acids is 3. The Balaban J connectivity index is 1.50. The Kier molecular flexibility index (Phi) is 6.77. The van der Waals surface area contributed by atoms with Crippen molar-refractivity contribution in [2.45, 2.75) is 13.8 Å². The van der Waals surface area contributed by atoms with Crippen LogP contribution in [-0.2, 0) is 9.59 Å². The molecule has 0 bridgehead atoms. The van der Waals surface area contributed by atoms with Crippen LogP contribution < -0.4 is 5.32 Å². The number of thioether (sulfide) groups is 1. The first-order chi connectivity index (χ1) is 16.6. The third-order valence-electron chi connectivity index (χ3n) is 5.30. The second-order valence-corrected chi connectivity index (χ2v) is 9.15. The SMILES string of the molecule is Cc1cc(-c2ccc(/C=C3/SC(=O)N(CC(=O)Nc4cccc(Cl)c4)C3=O)o2)cc([N+](=O)[O-])c1C. The van der Waals surface area contributed by atoms with Gasteiger partial charge < -0.3 is 9.73 Å². The van der Waals surface area contributed by atoms with E-state index in [-0.39, 0.29) is 16.4 Å². The number of halogens is 1. The molecule has 1 aliphatic rings. The van der Waals surface area contributed by atoms with Gasteiger partial charge in [0.15, 0.2) is 0 Å². The second kappa shape index (κ2) is 9.77. The summed E-state index contributed by atoms with van der Waals surface area (Å²) in [4.78, 5) is 49.2. The summed E-state index contributed by atoms with van der Waals surface area (Å²) in [6.07, 6.45) is 1.40. The van der Waals surface area contributed by atoms with Crippen LogP contribution in [0.5, 0.6) is 0 Å². The molecule has 1 aromatic heterocycles. The van der Waals surface area contributed by atoms with Crippen molar-refractivity contribution in [2.75, 3.05) is 11.9 Å². The minimum Gasteiger partial charge on any atom is -0.457 e. The number of nitrogens with zero attached hydrogens (tertiary/aromatic N) is 2. The maximum absolute atomic E-state index is 12.7. The Labute approximate surface area is 208 Å². The third-order valence-corrected chi connectivity index (χ3v) is 6.45. The van der Waals surface area contributed by atoms with E-state index in [1.807, 2.05) is 0 Å². The lowest BCUT2D eigenvalue weighted by Gasteiger charge is -2.12. The number of nitrogens with one attached hydrogen (secondary N) is 1. The lowest BCUT2D eigenvalue weighted by atomic mass is 10.0. The van der Waals surface area contributed by atoms with Crippen LogP contribution in [0.1, 0.15) is 16.9 Å². The monoisotopic (exact) mass is 511 g/mol. The summed E-state index contributed by atoms with van der Waals surface area (Å²) in [7, 11) is 0. The molecule has 9 nitrogen and oxygen atoms in total. The van der Waals surface area contributed by atoms with Gasteiger partial charge in [0.1, 0.15) is 18.1 Å². The minimum atomic E-state index is -0.624. The fraction of sp³-hybridized carbons (Fsp3) is 0.125. The number of hydrogen-bond acceptors (Lipinski definition) is 7. The van der Waals surface area contributed by atoms with Crippen molar-refractivity contribution < 1.29 is 23.7 Å². The molecule has 0 saturated carbocycles. The quantitative estimate of drug-likeness (QED) is 0.252. The minimum absolute atomic E-state index is 0.0184. The molecule has 1 aliphatic heterocycles. The molecule has 2 aromatic carbocycles. The molecule has 178 valence electrons. The molecule has 3 amide bonds. The Morgan fingerprint density at radius 2 is 1.97 bits per heavy atom. The first-order valence-electron chi connectivity index (χ1n) is 10.3. The van der Waals surface area contributed by atoms with Crippen LogP contribution in [0.2, 0.25) is 5.02 Å². The number of amides is 3. The zero-order valence-electron chi connectivity index (χ0n) is 18.5. The molecular formula is C24H18ClN3O6S. The Morgan fingerprint density at radius 1 is 1.20 bits per heavy atom. The molecule has 4 rings (SSSR count). The predicted molar refractivity (Wildman–Crippen MR) is 133 cm³/mol. The maximum atomic E-state index is 12.7. The van der Waals surface area contributed by atoms with Crippen LogP contribution in [0.15, 0.2) is 57.9 Å². The molecule has 1 N–H and O–H groups in total. The fourth-order valence-electron chi connectivity index (χ4n) is 3.43. The Morgan fingerprint density at radius 3 is 2.69 bits per heavy atom. The third kappa shape index (κ3) is 5.28. The molecule has 1 saturated heterocycles. The molecule has 0 atom stereocenters. The zero-order chi connectivity index (χ0) is 25.3. The van der Waals surface area contributed by atoms with E-state index >= 15 is 0 Å². The molecule has 0 aliphatic carbocycles. The van der Waals surface area contributed by atoms with Crippen LogP contribution in [-0.4, -0.2) is 33.4 Å².